The van der Waals surface area contributed by atoms with Gasteiger partial charge in [-0.1, -0.05) is 18.2 Å². The topological polar surface area (TPSA) is 35.2 Å². The summed E-state index contributed by atoms with van der Waals surface area (Å²) >= 11 is 0. The number of alkyl halides is 3. The molecule has 2 aromatic rings. The first-order valence-corrected chi connectivity index (χ1v) is 6.10. The number of rotatable bonds is 4. The number of anilines is 1. The van der Waals surface area contributed by atoms with Crippen molar-refractivity contribution in [2.24, 2.45) is 0 Å². The van der Waals surface area contributed by atoms with Gasteiger partial charge in [0.05, 0.1) is 12.2 Å². The molecule has 0 heterocycles. The number of nitrogen functional groups attached to an aromatic ring is 1. The van der Waals surface area contributed by atoms with E-state index >= 15 is 0 Å². The molecule has 2 rings (SSSR count). The minimum absolute atomic E-state index is 0.361. The van der Waals surface area contributed by atoms with Crippen molar-refractivity contribution in [1.82, 2.24) is 0 Å². The Kier molecular flexibility index (Phi) is 4.17. The monoisotopic (exact) mass is 281 g/mol. The predicted molar refractivity (Wildman–Crippen MR) is 71.5 cm³/mol. The van der Waals surface area contributed by atoms with E-state index in [0.29, 0.717) is 24.5 Å². The number of ether oxygens (including phenoxy) is 1. The fourth-order valence-electron chi connectivity index (χ4n) is 1.78. The normalized spacial score (nSPS) is 11.3. The van der Waals surface area contributed by atoms with Crippen molar-refractivity contribution >= 4 is 5.69 Å². The SMILES string of the molecule is Nc1ccccc1CCOc1ccc(C(F)(F)F)cc1. The van der Waals surface area contributed by atoms with Crippen LogP contribution in [0.25, 0.3) is 0 Å². The number of benzene rings is 2. The van der Waals surface area contributed by atoms with Gasteiger partial charge in [-0.2, -0.15) is 13.2 Å². The van der Waals surface area contributed by atoms with Gasteiger partial charge in [0.1, 0.15) is 5.75 Å². The molecule has 0 amide bonds. The first-order valence-electron chi connectivity index (χ1n) is 6.10. The van der Waals surface area contributed by atoms with Gasteiger partial charge in [0.15, 0.2) is 0 Å². The van der Waals surface area contributed by atoms with Gasteiger partial charge >= 0.3 is 6.18 Å². The highest BCUT2D eigenvalue weighted by molar-refractivity contribution is 5.46. The summed E-state index contributed by atoms with van der Waals surface area (Å²) in [4.78, 5) is 0. The molecular weight excluding hydrogens is 267 g/mol. The maximum Gasteiger partial charge on any atom is 0.416 e. The smallest absolute Gasteiger partial charge is 0.416 e. The molecule has 2 nitrogen and oxygen atoms in total. The van der Waals surface area contributed by atoms with Crippen LogP contribution in [0, 0.1) is 0 Å². The Morgan fingerprint density at radius 2 is 1.60 bits per heavy atom. The highest BCUT2D eigenvalue weighted by atomic mass is 19.4. The summed E-state index contributed by atoms with van der Waals surface area (Å²) in [7, 11) is 0. The summed E-state index contributed by atoms with van der Waals surface area (Å²) in [5, 5.41) is 0. The average molecular weight is 281 g/mol. The van der Waals surface area contributed by atoms with Crippen molar-refractivity contribution in [3.63, 3.8) is 0 Å². The quantitative estimate of drug-likeness (QED) is 0.862. The number of para-hydroxylation sites is 1. The third-order valence-electron chi connectivity index (χ3n) is 2.88. The van der Waals surface area contributed by atoms with Crippen LogP contribution in [0.3, 0.4) is 0 Å². The van der Waals surface area contributed by atoms with Gasteiger partial charge in [-0.3, -0.25) is 0 Å². The van der Waals surface area contributed by atoms with E-state index in [2.05, 4.69) is 0 Å². The number of nitrogens with two attached hydrogens (primary N) is 1. The molecule has 0 aromatic heterocycles. The zero-order valence-electron chi connectivity index (χ0n) is 10.7. The molecular formula is C15H14F3NO. The van der Waals surface area contributed by atoms with Gasteiger partial charge < -0.3 is 10.5 Å². The summed E-state index contributed by atoms with van der Waals surface area (Å²) in [5.41, 5.74) is 6.75. The Morgan fingerprint density at radius 3 is 2.20 bits per heavy atom. The van der Waals surface area contributed by atoms with Gasteiger partial charge in [0.2, 0.25) is 0 Å². The number of hydrogen-bond acceptors (Lipinski definition) is 2. The van der Waals surface area contributed by atoms with Crippen LogP contribution in [-0.4, -0.2) is 6.61 Å². The minimum atomic E-state index is -4.32. The summed E-state index contributed by atoms with van der Waals surface area (Å²) < 4.78 is 42.6. The van der Waals surface area contributed by atoms with Crippen molar-refractivity contribution in [3.05, 3.63) is 59.7 Å². The van der Waals surface area contributed by atoms with Gasteiger partial charge in [-0.25, -0.2) is 0 Å². The molecule has 5 heteroatoms. The molecule has 0 aliphatic rings. The second-order valence-corrected chi connectivity index (χ2v) is 4.32. The highest BCUT2D eigenvalue weighted by Gasteiger charge is 2.29. The maximum atomic E-state index is 12.4. The first-order chi connectivity index (χ1) is 9.47. The lowest BCUT2D eigenvalue weighted by Crippen LogP contribution is -2.06. The first kappa shape index (κ1) is 14.2. The van der Waals surface area contributed by atoms with Crippen LogP contribution in [0.15, 0.2) is 48.5 Å². The van der Waals surface area contributed by atoms with Gasteiger partial charge in [-0.05, 0) is 35.9 Å². The standard InChI is InChI=1S/C15H14F3NO/c16-15(17,18)12-5-7-13(8-6-12)20-10-9-11-3-1-2-4-14(11)19/h1-8H,9-10,19H2. The predicted octanol–water partition coefficient (Wildman–Crippen LogP) is 3.91. The third kappa shape index (κ3) is 3.66. The molecule has 0 saturated heterocycles. The molecule has 0 saturated carbocycles. The van der Waals surface area contributed by atoms with Gasteiger partial charge in [0, 0.05) is 12.1 Å². The van der Waals surface area contributed by atoms with Crippen LogP contribution in [0.4, 0.5) is 18.9 Å². The molecule has 0 fully saturated rings. The fourth-order valence-corrected chi connectivity index (χ4v) is 1.78. The minimum Gasteiger partial charge on any atom is -0.493 e. The van der Waals surface area contributed by atoms with Crippen molar-refractivity contribution < 1.29 is 17.9 Å². The molecule has 0 atom stereocenters. The summed E-state index contributed by atoms with van der Waals surface area (Å²) in [5.74, 6) is 0.410. The summed E-state index contributed by atoms with van der Waals surface area (Å²) in [6.07, 6.45) is -3.72. The lowest BCUT2D eigenvalue weighted by Gasteiger charge is -2.10. The van der Waals surface area contributed by atoms with Crippen molar-refractivity contribution in [3.8, 4) is 5.75 Å². The van der Waals surface area contributed by atoms with Crippen LogP contribution in [0.1, 0.15) is 11.1 Å². The Balaban J connectivity index is 1.90. The van der Waals surface area contributed by atoms with Crippen LogP contribution < -0.4 is 10.5 Å². The highest BCUT2D eigenvalue weighted by Crippen LogP contribution is 2.30. The van der Waals surface area contributed by atoms with Crippen LogP contribution in [-0.2, 0) is 12.6 Å². The largest absolute Gasteiger partial charge is 0.493 e. The Bertz CT molecular complexity index is 564. The molecule has 0 aliphatic carbocycles. The molecule has 0 spiro atoms. The average Bonchev–Trinajstić information content (AvgIpc) is 2.40. The van der Waals surface area contributed by atoms with Gasteiger partial charge in [0.25, 0.3) is 0 Å². The fraction of sp³-hybridized carbons (Fsp3) is 0.200. The molecule has 0 aliphatic heterocycles. The third-order valence-corrected chi connectivity index (χ3v) is 2.88. The molecule has 0 bridgehead atoms. The molecule has 0 radical (unpaired) electrons. The lowest BCUT2D eigenvalue weighted by molar-refractivity contribution is -0.137. The Hall–Kier alpha value is -2.17. The molecule has 106 valence electrons. The van der Waals surface area contributed by atoms with E-state index in [1.54, 1.807) is 6.07 Å². The second-order valence-electron chi connectivity index (χ2n) is 4.32. The van der Waals surface area contributed by atoms with Crippen LogP contribution in [0.2, 0.25) is 0 Å². The number of hydrogen-bond donors (Lipinski definition) is 1. The van der Waals surface area contributed by atoms with E-state index in [-0.39, 0.29) is 0 Å². The molecule has 20 heavy (non-hydrogen) atoms. The zero-order chi connectivity index (χ0) is 14.6. The molecule has 2 N–H and O–H groups in total. The Morgan fingerprint density at radius 1 is 0.950 bits per heavy atom. The van der Waals surface area contributed by atoms with Crippen molar-refractivity contribution in [2.75, 3.05) is 12.3 Å². The molecule has 2 aromatic carbocycles. The lowest BCUT2D eigenvalue weighted by atomic mass is 10.1. The van der Waals surface area contributed by atoms with E-state index in [1.165, 1.54) is 12.1 Å². The maximum absolute atomic E-state index is 12.4. The number of halogens is 3. The van der Waals surface area contributed by atoms with Crippen LogP contribution >= 0.6 is 0 Å². The van der Waals surface area contributed by atoms with E-state index in [9.17, 15) is 13.2 Å². The summed E-state index contributed by atoms with van der Waals surface area (Å²) in [6, 6.07) is 12.1. The van der Waals surface area contributed by atoms with E-state index in [1.807, 2.05) is 18.2 Å². The Labute approximate surface area is 115 Å². The van der Waals surface area contributed by atoms with Crippen LogP contribution in [0.5, 0.6) is 5.75 Å². The van der Waals surface area contributed by atoms with Gasteiger partial charge in [-0.15, -0.1) is 0 Å². The zero-order valence-corrected chi connectivity index (χ0v) is 10.7. The van der Waals surface area contributed by atoms with E-state index < -0.39 is 11.7 Å². The van der Waals surface area contributed by atoms with Crippen molar-refractivity contribution in [2.45, 2.75) is 12.6 Å². The van der Waals surface area contributed by atoms with E-state index in [0.717, 1.165) is 17.7 Å². The van der Waals surface area contributed by atoms with Crippen molar-refractivity contribution in [1.29, 1.82) is 0 Å². The summed E-state index contributed by atoms with van der Waals surface area (Å²) in [6.45, 7) is 0.361. The van der Waals surface area contributed by atoms with E-state index in [4.69, 9.17) is 10.5 Å². The second kappa shape index (κ2) is 5.86. The molecule has 0 unspecified atom stereocenters.